The van der Waals surface area contributed by atoms with E-state index >= 15 is 0 Å². The number of likely N-dealkylation sites (tertiary alicyclic amines) is 1. The summed E-state index contributed by atoms with van der Waals surface area (Å²) in [7, 11) is 0. The zero-order valence-corrected chi connectivity index (χ0v) is 12.3. The van der Waals surface area contributed by atoms with E-state index in [1.807, 2.05) is 13.0 Å². The summed E-state index contributed by atoms with van der Waals surface area (Å²) < 4.78 is 0. The fourth-order valence-electron chi connectivity index (χ4n) is 2.73. The van der Waals surface area contributed by atoms with E-state index in [-0.39, 0.29) is 10.6 Å². The monoisotopic (exact) mass is 277 g/mol. The molecule has 5 nitrogen and oxygen atoms in total. The first-order valence-corrected chi connectivity index (χ1v) is 7.27. The van der Waals surface area contributed by atoms with Crippen molar-refractivity contribution < 1.29 is 4.92 Å². The summed E-state index contributed by atoms with van der Waals surface area (Å²) in [5, 5.41) is 14.2. The molecule has 20 heavy (non-hydrogen) atoms. The highest BCUT2D eigenvalue weighted by Gasteiger charge is 2.15. The fraction of sp³-hybridized carbons (Fsp3) is 0.600. The standard InChI is InChI=1S/C15H23N3O2/c1-12-7-14(9-15(8-12)18(19)20)16-10-13(2)11-17-5-3-4-6-17/h7-9,13,16H,3-6,10-11H2,1-2H3. The third kappa shape index (κ3) is 4.20. The van der Waals surface area contributed by atoms with Crippen molar-refractivity contribution in [3.05, 3.63) is 33.9 Å². The largest absolute Gasteiger partial charge is 0.385 e. The van der Waals surface area contributed by atoms with Gasteiger partial charge >= 0.3 is 0 Å². The van der Waals surface area contributed by atoms with E-state index in [2.05, 4.69) is 17.1 Å². The lowest BCUT2D eigenvalue weighted by Gasteiger charge is -2.21. The predicted octanol–water partition coefficient (Wildman–Crippen LogP) is 3.05. The van der Waals surface area contributed by atoms with Crippen LogP contribution in [0.25, 0.3) is 0 Å². The van der Waals surface area contributed by atoms with Crippen LogP contribution in [0.4, 0.5) is 11.4 Å². The molecular weight excluding hydrogens is 254 g/mol. The van der Waals surface area contributed by atoms with Crippen LogP contribution in [0.3, 0.4) is 0 Å². The van der Waals surface area contributed by atoms with Crippen LogP contribution in [0, 0.1) is 23.0 Å². The molecule has 0 spiro atoms. The average molecular weight is 277 g/mol. The van der Waals surface area contributed by atoms with Gasteiger partial charge in [-0.25, -0.2) is 0 Å². The Balaban J connectivity index is 1.87. The first-order chi connectivity index (χ1) is 9.54. The summed E-state index contributed by atoms with van der Waals surface area (Å²) in [5.74, 6) is 0.535. The van der Waals surface area contributed by atoms with Crippen molar-refractivity contribution in [2.75, 3.05) is 31.5 Å². The zero-order chi connectivity index (χ0) is 14.5. The van der Waals surface area contributed by atoms with E-state index < -0.39 is 0 Å². The van der Waals surface area contributed by atoms with E-state index in [0.29, 0.717) is 5.92 Å². The minimum Gasteiger partial charge on any atom is -0.385 e. The molecule has 1 aliphatic heterocycles. The van der Waals surface area contributed by atoms with Crippen LogP contribution < -0.4 is 5.32 Å². The van der Waals surface area contributed by atoms with Crippen LogP contribution in [-0.2, 0) is 0 Å². The Morgan fingerprint density at radius 2 is 2.05 bits per heavy atom. The smallest absolute Gasteiger partial charge is 0.271 e. The number of nitro benzene ring substituents is 1. The third-order valence-corrected chi connectivity index (χ3v) is 3.70. The number of hydrogen-bond donors (Lipinski definition) is 1. The molecule has 1 aromatic carbocycles. The Labute approximate surface area is 120 Å². The van der Waals surface area contributed by atoms with Crippen LogP contribution in [0.15, 0.2) is 18.2 Å². The van der Waals surface area contributed by atoms with Crippen molar-refractivity contribution in [2.45, 2.75) is 26.7 Å². The van der Waals surface area contributed by atoms with Crippen LogP contribution in [0.5, 0.6) is 0 Å². The molecule has 1 fully saturated rings. The summed E-state index contributed by atoms with van der Waals surface area (Å²) in [4.78, 5) is 13.0. The van der Waals surface area contributed by atoms with Gasteiger partial charge in [-0.05, 0) is 50.4 Å². The van der Waals surface area contributed by atoms with Crippen LogP contribution >= 0.6 is 0 Å². The number of anilines is 1. The lowest BCUT2D eigenvalue weighted by Crippen LogP contribution is -2.28. The van der Waals surface area contributed by atoms with E-state index in [4.69, 9.17) is 0 Å². The molecule has 0 aliphatic carbocycles. The van der Waals surface area contributed by atoms with Crippen molar-refractivity contribution in [3.63, 3.8) is 0 Å². The normalized spacial score (nSPS) is 17.1. The number of rotatable bonds is 6. The molecule has 1 aromatic rings. The Kier molecular flexibility index (Phi) is 4.95. The van der Waals surface area contributed by atoms with Crippen LogP contribution in [0.1, 0.15) is 25.3 Å². The maximum Gasteiger partial charge on any atom is 0.271 e. The minimum absolute atomic E-state index is 0.152. The van der Waals surface area contributed by atoms with Crippen LogP contribution in [0.2, 0.25) is 0 Å². The number of hydrogen-bond acceptors (Lipinski definition) is 4. The number of nitrogens with one attached hydrogen (secondary N) is 1. The molecule has 1 aliphatic rings. The van der Waals surface area contributed by atoms with E-state index in [1.54, 1.807) is 12.1 Å². The molecule has 1 heterocycles. The number of nitrogens with zero attached hydrogens (tertiary/aromatic N) is 2. The quantitative estimate of drug-likeness (QED) is 0.641. The first-order valence-electron chi connectivity index (χ1n) is 7.27. The summed E-state index contributed by atoms with van der Waals surface area (Å²) in [5.41, 5.74) is 1.90. The predicted molar refractivity (Wildman–Crippen MR) is 81.2 cm³/mol. The third-order valence-electron chi connectivity index (χ3n) is 3.70. The van der Waals surface area contributed by atoms with Gasteiger partial charge in [-0.15, -0.1) is 0 Å². The molecule has 1 atom stereocenters. The lowest BCUT2D eigenvalue weighted by atomic mass is 10.1. The molecule has 5 heteroatoms. The second kappa shape index (κ2) is 6.70. The number of aryl methyl sites for hydroxylation is 1. The topological polar surface area (TPSA) is 58.4 Å². The second-order valence-electron chi connectivity index (χ2n) is 5.81. The van der Waals surface area contributed by atoms with Crippen molar-refractivity contribution in [1.29, 1.82) is 0 Å². The molecule has 0 radical (unpaired) electrons. The maximum atomic E-state index is 10.8. The van der Waals surface area contributed by atoms with Crippen LogP contribution in [-0.4, -0.2) is 36.0 Å². The van der Waals surface area contributed by atoms with Gasteiger partial charge in [-0.2, -0.15) is 0 Å². The summed E-state index contributed by atoms with van der Waals surface area (Å²) >= 11 is 0. The van der Waals surface area contributed by atoms with E-state index in [9.17, 15) is 10.1 Å². The van der Waals surface area contributed by atoms with Gasteiger partial charge in [0.25, 0.3) is 5.69 Å². The Morgan fingerprint density at radius 1 is 1.35 bits per heavy atom. The van der Waals surface area contributed by atoms with Crippen molar-refractivity contribution >= 4 is 11.4 Å². The highest BCUT2D eigenvalue weighted by molar-refractivity contribution is 5.53. The Morgan fingerprint density at radius 3 is 2.70 bits per heavy atom. The number of non-ortho nitro benzene ring substituents is 1. The van der Waals surface area contributed by atoms with Gasteiger partial charge in [0, 0.05) is 30.9 Å². The van der Waals surface area contributed by atoms with Gasteiger partial charge < -0.3 is 10.2 Å². The van der Waals surface area contributed by atoms with Crippen molar-refractivity contribution in [1.82, 2.24) is 4.90 Å². The second-order valence-corrected chi connectivity index (χ2v) is 5.81. The fourth-order valence-corrected chi connectivity index (χ4v) is 2.73. The van der Waals surface area contributed by atoms with Crippen molar-refractivity contribution in [3.8, 4) is 0 Å². The first kappa shape index (κ1) is 14.8. The lowest BCUT2D eigenvalue weighted by molar-refractivity contribution is -0.384. The highest BCUT2D eigenvalue weighted by Crippen LogP contribution is 2.21. The average Bonchev–Trinajstić information content (AvgIpc) is 2.88. The van der Waals surface area contributed by atoms with Gasteiger partial charge in [0.2, 0.25) is 0 Å². The molecule has 0 bridgehead atoms. The summed E-state index contributed by atoms with van der Waals surface area (Å²) in [6, 6.07) is 5.16. The molecule has 2 rings (SSSR count). The highest BCUT2D eigenvalue weighted by atomic mass is 16.6. The molecule has 1 N–H and O–H groups in total. The van der Waals surface area contributed by atoms with Gasteiger partial charge in [-0.1, -0.05) is 6.92 Å². The molecule has 110 valence electrons. The van der Waals surface area contributed by atoms with E-state index in [0.717, 1.165) is 24.3 Å². The number of nitro groups is 1. The SMILES string of the molecule is Cc1cc(NCC(C)CN2CCCC2)cc([N+](=O)[O-])c1. The van der Waals surface area contributed by atoms with Gasteiger partial charge in [0.05, 0.1) is 4.92 Å². The molecular formula is C15H23N3O2. The minimum atomic E-state index is -0.341. The van der Waals surface area contributed by atoms with Crippen molar-refractivity contribution in [2.24, 2.45) is 5.92 Å². The summed E-state index contributed by atoms with van der Waals surface area (Å²) in [6.45, 7) is 8.46. The maximum absolute atomic E-state index is 10.8. The molecule has 1 unspecified atom stereocenters. The molecule has 0 saturated carbocycles. The van der Waals surface area contributed by atoms with E-state index in [1.165, 1.54) is 25.9 Å². The Hall–Kier alpha value is -1.62. The molecule has 1 saturated heterocycles. The number of benzene rings is 1. The Bertz CT molecular complexity index is 470. The molecule has 0 aromatic heterocycles. The van der Waals surface area contributed by atoms with Gasteiger partial charge in [0.15, 0.2) is 0 Å². The van der Waals surface area contributed by atoms with Gasteiger partial charge in [0.1, 0.15) is 0 Å². The van der Waals surface area contributed by atoms with Gasteiger partial charge in [-0.3, -0.25) is 10.1 Å². The molecule has 0 amide bonds. The zero-order valence-electron chi connectivity index (χ0n) is 12.3. The summed E-state index contributed by atoms with van der Waals surface area (Å²) in [6.07, 6.45) is 2.62.